The number of ether oxygens (including phenoxy) is 1. The van der Waals surface area contributed by atoms with Gasteiger partial charge in [-0.2, -0.15) is 0 Å². The van der Waals surface area contributed by atoms with Gasteiger partial charge in [0.25, 0.3) is 0 Å². The Labute approximate surface area is 257 Å². The third-order valence-electron chi connectivity index (χ3n) is 8.29. The van der Waals surface area contributed by atoms with Crippen LogP contribution in [0.3, 0.4) is 0 Å². The van der Waals surface area contributed by atoms with Gasteiger partial charge < -0.3 is 19.9 Å². The second-order valence-corrected chi connectivity index (χ2v) is 11.8. The summed E-state index contributed by atoms with van der Waals surface area (Å²) in [7, 11) is 0. The highest BCUT2D eigenvalue weighted by Crippen LogP contribution is 2.34. The average molecular weight is 598 g/mol. The molecule has 0 aliphatic heterocycles. The lowest BCUT2D eigenvalue weighted by atomic mass is 9.90. The van der Waals surface area contributed by atoms with Crippen LogP contribution in [0.15, 0.2) is 91.4 Å². The van der Waals surface area contributed by atoms with E-state index in [2.05, 4.69) is 34.1 Å². The van der Waals surface area contributed by atoms with Gasteiger partial charge >= 0.3 is 0 Å². The molecular formula is C35H37ClFN5O. The van der Waals surface area contributed by atoms with E-state index in [1.54, 1.807) is 24.7 Å². The Kier molecular flexibility index (Phi) is 9.32. The molecule has 2 N–H and O–H groups in total. The minimum atomic E-state index is -0.244. The van der Waals surface area contributed by atoms with Crippen LogP contribution in [0.2, 0.25) is 5.02 Å². The Morgan fingerprint density at radius 2 is 1.74 bits per heavy atom. The van der Waals surface area contributed by atoms with Gasteiger partial charge in [-0.15, -0.1) is 0 Å². The molecule has 1 saturated carbocycles. The van der Waals surface area contributed by atoms with E-state index in [1.165, 1.54) is 11.6 Å². The number of benzene rings is 3. The molecule has 1 aliphatic carbocycles. The summed E-state index contributed by atoms with van der Waals surface area (Å²) in [4.78, 5) is 11.8. The van der Waals surface area contributed by atoms with Crippen molar-refractivity contribution in [1.82, 2.24) is 14.5 Å². The molecule has 0 bridgehead atoms. The van der Waals surface area contributed by atoms with Gasteiger partial charge in [-0.25, -0.2) is 14.4 Å². The lowest BCUT2D eigenvalue weighted by Crippen LogP contribution is -2.42. The lowest BCUT2D eigenvalue weighted by molar-refractivity contribution is 0.119. The molecule has 5 aromatic rings. The van der Waals surface area contributed by atoms with Gasteiger partial charge in [-0.1, -0.05) is 60.1 Å². The number of hydrogen-bond acceptors (Lipinski definition) is 5. The van der Waals surface area contributed by atoms with E-state index >= 15 is 0 Å². The topological polar surface area (TPSA) is 69.2 Å². The molecule has 6 nitrogen and oxygen atoms in total. The number of hydrogen-bond donors (Lipinski definition) is 1. The zero-order valence-electron chi connectivity index (χ0n) is 24.2. The number of anilines is 1. The SMILES string of the molecule is NC1CCC(N(CCCOCc2ccccc2)c2cc(-c3ccc4ncn(Cc5cccc(F)c5)c4c3)c(Cl)cn2)CC1. The number of pyridine rings is 1. The molecule has 8 heteroatoms. The van der Waals surface area contributed by atoms with Crippen LogP contribution in [0.25, 0.3) is 22.2 Å². The fourth-order valence-corrected chi connectivity index (χ4v) is 6.20. The minimum Gasteiger partial charge on any atom is -0.377 e. The van der Waals surface area contributed by atoms with Crippen molar-refractivity contribution in [2.45, 2.75) is 57.3 Å². The quantitative estimate of drug-likeness (QED) is 0.159. The maximum absolute atomic E-state index is 13.8. The molecule has 3 aromatic carbocycles. The zero-order valence-corrected chi connectivity index (χ0v) is 25.0. The molecule has 43 heavy (non-hydrogen) atoms. The first kappa shape index (κ1) is 29.3. The summed E-state index contributed by atoms with van der Waals surface area (Å²) in [6.45, 7) is 2.64. The molecule has 0 unspecified atom stereocenters. The number of aromatic nitrogens is 3. The second-order valence-electron chi connectivity index (χ2n) is 11.4. The fourth-order valence-electron chi connectivity index (χ4n) is 5.99. The van der Waals surface area contributed by atoms with E-state index in [0.717, 1.165) is 72.2 Å². The van der Waals surface area contributed by atoms with Crippen LogP contribution in [-0.4, -0.2) is 39.8 Å². The average Bonchev–Trinajstić information content (AvgIpc) is 3.42. The summed E-state index contributed by atoms with van der Waals surface area (Å²) < 4.78 is 21.9. The van der Waals surface area contributed by atoms with Crippen LogP contribution in [-0.2, 0) is 17.9 Å². The molecule has 2 aromatic heterocycles. The number of imidazole rings is 1. The number of nitrogens with zero attached hydrogens (tertiary/aromatic N) is 4. The van der Waals surface area contributed by atoms with E-state index in [4.69, 9.17) is 27.1 Å². The zero-order chi connectivity index (χ0) is 29.6. The van der Waals surface area contributed by atoms with Crippen molar-refractivity contribution in [3.63, 3.8) is 0 Å². The maximum Gasteiger partial charge on any atom is 0.129 e. The Hall–Kier alpha value is -3.78. The van der Waals surface area contributed by atoms with Crippen LogP contribution in [0.1, 0.15) is 43.2 Å². The summed E-state index contributed by atoms with van der Waals surface area (Å²) in [5.74, 6) is 0.669. The molecule has 1 aliphatic rings. The van der Waals surface area contributed by atoms with Crippen LogP contribution < -0.4 is 10.6 Å². The van der Waals surface area contributed by atoms with E-state index in [1.807, 2.05) is 41.0 Å². The van der Waals surface area contributed by atoms with Gasteiger partial charge in [0.1, 0.15) is 11.6 Å². The van der Waals surface area contributed by atoms with E-state index in [-0.39, 0.29) is 11.9 Å². The Bertz CT molecular complexity index is 1650. The molecule has 0 amide bonds. The number of fused-ring (bicyclic) bond motifs is 1. The first-order valence-corrected chi connectivity index (χ1v) is 15.4. The van der Waals surface area contributed by atoms with Crippen LogP contribution in [0, 0.1) is 5.82 Å². The van der Waals surface area contributed by atoms with Gasteiger partial charge in [-0.05, 0) is 79.1 Å². The van der Waals surface area contributed by atoms with Gasteiger partial charge in [-0.3, -0.25) is 0 Å². The Morgan fingerprint density at radius 1 is 0.930 bits per heavy atom. The first-order valence-electron chi connectivity index (χ1n) is 15.0. The molecule has 1 fully saturated rings. The van der Waals surface area contributed by atoms with Crippen LogP contribution >= 0.6 is 11.6 Å². The molecule has 0 spiro atoms. The molecule has 2 heterocycles. The fraction of sp³-hybridized carbons (Fsp3) is 0.314. The standard InChI is InChI=1S/C35H37ClFN5O/c36-32-21-39-35(42(30-13-11-29(38)12-14-30)16-5-17-43-23-25-6-2-1-3-7-25)20-31(32)27-10-15-33-34(19-27)41(24-40-33)22-26-8-4-9-28(37)18-26/h1-4,6-10,15,18-21,24,29-30H,5,11-14,16-17,22-23,38H2. The van der Waals surface area contributed by atoms with Crippen molar-refractivity contribution in [3.05, 3.63) is 113 Å². The monoisotopic (exact) mass is 597 g/mol. The molecule has 0 saturated heterocycles. The van der Waals surface area contributed by atoms with E-state index in [9.17, 15) is 4.39 Å². The smallest absolute Gasteiger partial charge is 0.129 e. The highest BCUT2D eigenvalue weighted by Gasteiger charge is 2.26. The summed E-state index contributed by atoms with van der Waals surface area (Å²) in [6.07, 6.45) is 8.55. The third kappa shape index (κ3) is 7.24. The number of nitrogens with two attached hydrogens (primary N) is 1. The van der Waals surface area contributed by atoms with Crippen LogP contribution in [0.5, 0.6) is 0 Å². The molecule has 0 atom stereocenters. The van der Waals surface area contributed by atoms with Crippen molar-refractivity contribution in [1.29, 1.82) is 0 Å². The largest absolute Gasteiger partial charge is 0.377 e. The summed E-state index contributed by atoms with van der Waals surface area (Å²) in [5.41, 5.74) is 12.1. The maximum atomic E-state index is 13.8. The number of halogens is 2. The van der Waals surface area contributed by atoms with Crippen molar-refractivity contribution in [2.75, 3.05) is 18.1 Å². The Balaban J connectivity index is 1.23. The highest BCUT2D eigenvalue weighted by molar-refractivity contribution is 6.33. The van der Waals surface area contributed by atoms with Crippen molar-refractivity contribution < 1.29 is 9.13 Å². The third-order valence-corrected chi connectivity index (χ3v) is 8.59. The van der Waals surface area contributed by atoms with Crippen molar-refractivity contribution in [3.8, 4) is 11.1 Å². The normalized spacial score (nSPS) is 16.9. The highest BCUT2D eigenvalue weighted by atomic mass is 35.5. The molecular weight excluding hydrogens is 561 g/mol. The van der Waals surface area contributed by atoms with Gasteiger partial charge in [0.15, 0.2) is 0 Å². The number of rotatable bonds is 11. The molecule has 0 radical (unpaired) electrons. The van der Waals surface area contributed by atoms with Crippen molar-refractivity contribution >= 4 is 28.5 Å². The first-order chi connectivity index (χ1) is 21.0. The van der Waals surface area contributed by atoms with Crippen LogP contribution in [0.4, 0.5) is 10.2 Å². The van der Waals surface area contributed by atoms with E-state index < -0.39 is 0 Å². The molecule has 6 rings (SSSR count). The van der Waals surface area contributed by atoms with E-state index in [0.29, 0.717) is 30.8 Å². The van der Waals surface area contributed by atoms with Gasteiger partial charge in [0.2, 0.25) is 0 Å². The minimum absolute atomic E-state index is 0.244. The summed E-state index contributed by atoms with van der Waals surface area (Å²) in [5, 5.41) is 0.594. The predicted molar refractivity (Wildman–Crippen MR) is 172 cm³/mol. The van der Waals surface area contributed by atoms with Gasteiger partial charge in [0.05, 0.1) is 29.0 Å². The van der Waals surface area contributed by atoms with Crippen molar-refractivity contribution in [2.24, 2.45) is 5.73 Å². The Morgan fingerprint density at radius 3 is 2.56 bits per heavy atom. The van der Waals surface area contributed by atoms with Gasteiger partial charge in [0, 0.05) is 43.5 Å². The second kappa shape index (κ2) is 13.7. The summed E-state index contributed by atoms with van der Waals surface area (Å²) >= 11 is 6.77. The predicted octanol–water partition coefficient (Wildman–Crippen LogP) is 7.62. The summed E-state index contributed by atoms with van der Waals surface area (Å²) in [6, 6.07) is 25.8. The molecule has 222 valence electrons. The lowest BCUT2D eigenvalue weighted by Gasteiger charge is -2.37.